The Morgan fingerprint density at radius 2 is 2.03 bits per heavy atom. The molecule has 0 aromatic heterocycles. The van der Waals surface area contributed by atoms with E-state index in [2.05, 4.69) is 20.9 Å². The summed E-state index contributed by atoms with van der Waals surface area (Å²) in [4.78, 5) is 10.5. The molecule has 2 aliphatic heterocycles. The zero-order valence-electron chi connectivity index (χ0n) is 17.4. The van der Waals surface area contributed by atoms with Crippen molar-refractivity contribution in [2.75, 3.05) is 26.3 Å². The number of H-pyrrole nitrogens is 1. The lowest BCUT2D eigenvalue weighted by atomic mass is 9.91. The highest BCUT2D eigenvalue weighted by Crippen LogP contribution is 2.48. The number of fused-ring (bicyclic) bond motifs is 3. The molecule has 5 rings (SSSR count). The zero-order valence-corrected chi connectivity index (χ0v) is 17.4. The van der Waals surface area contributed by atoms with E-state index in [1.807, 2.05) is 6.92 Å². The Hall–Kier alpha value is -1.63. The number of ether oxygens (including phenoxy) is 2. The molecule has 0 radical (unpaired) electrons. The molecule has 0 amide bonds. The Morgan fingerprint density at radius 1 is 1.24 bits per heavy atom. The van der Waals surface area contributed by atoms with Crippen molar-refractivity contribution in [2.24, 2.45) is 0 Å². The number of aryl methyl sites for hydroxylation is 1. The third-order valence-electron chi connectivity index (χ3n) is 7.10. The molecule has 6 nitrogen and oxygen atoms in total. The second kappa shape index (κ2) is 8.25. The van der Waals surface area contributed by atoms with Gasteiger partial charge in [-0.25, -0.2) is 4.98 Å². The number of aliphatic hydroxyl groups is 1. The lowest BCUT2D eigenvalue weighted by Gasteiger charge is -2.38. The van der Waals surface area contributed by atoms with Crippen LogP contribution in [0.15, 0.2) is 12.4 Å². The third-order valence-corrected chi connectivity index (χ3v) is 7.10. The van der Waals surface area contributed by atoms with Crippen molar-refractivity contribution in [3.05, 3.63) is 23.5 Å². The average Bonchev–Trinajstić information content (AvgIpc) is 3.29. The quantitative estimate of drug-likeness (QED) is 0.807. The fourth-order valence-corrected chi connectivity index (χ4v) is 5.71. The van der Waals surface area contributed by atoms with Crippen LogP contribution in [-0.2, 0) is 11.2 Å². The summed E-state index contributed by atoms with van der Waals surface area (Å²) in [5.74, 6) is 1.19. The molecule has 0 unspecified atom stereocenters. The van der Waals surface area contributed by atoms with Gasteiger partial charge in [0.1, 0.15) is 6.10 Å². The van der Waals surface area contributed by atoms with E-state index < -0.39 is 0 Å². The molecule has 2 fully saturated rings. The normalized spacial score (nSPS) is 29.1. The molecule has 5 aliphatic rings. The molecule has 158 valence electrons. The van der Waals surface area contributed by atoms with Crippen molar-refractivity contribution in [1.29, 1.82) is 0 Å². The highest BCUT2D eigenvalue weighted by Gasteiger charge is 2.34. The Morgan fingerprint density at radius 3 is 2.79 bits per heavy atom. The summed E-state index contributed by atoms with van der Waals surface area (Å²) in [6.45, 7) is 5.76. The minimum Gasteiger partial charge on any atom is -0.474 e. The van der Waals surface area contributed by atoms with Crippen LogP contribution in [0.2, 0.25) is 0 Å². The number of nitrogens with zero attached hydrogens (tertiary/aromatic N) is 2. The number of morpholine rings is 1. The van der Waals surface area contributed by atoms with Crippen LogP contribution >= 0.6 is 0 Å². The molecule has 3 aliphatic carbocycles. The minimum absolute atomic E-state index is 0.243. The summed E-state index contributed by atoms with van der Waals surface area (Å²) >= 11 is 0. The molecule has 6 heteroatoms. The van der Waals surface area contributed by atoms with Crippen molar-refractivity contribution < 1.29 is 14.6 Å². The van der Waals surface area contributed by atoms with Gasteiger partial charge in [0.05, 0.1) is 36.9 Å². The first-order valence-electron chi connectivity index (χ1n) is 11.3. The predicted octanol–water partition coefficient (Wildman–Crippen LogP) is 3.34. The number of rotatable bonds is 5. The van der Waals surface area contributed by atoms with E-state index in [4.69, 9.17) is 9.47 Å². The van der Waals surface area contributed by atoms with Crippen LogP contribution in [0, 0.1) is 0 Å². The first-order valence-corrected chi connectivity index (χ1v) is 11.3. The van der Waals surface area contributed by atoms with Crippen LogP contribution in [0.4, 0.5) is 0 Å². The highest BCUT2D eigenvalue weighted by atomic mass is 16.5. The Labute approximate surface area is 172 Å². The van der Waals surface area contributed by atoms with Crippen molar-refractivity contribution >= 4 is 0 Å². The van der Waals surface area contributed by atoms with Crippen LogP contribution in [0.1, 0.15) is 62.5 Å². The monoisotopic (exact) mass is 399 g/mol. The van der Waals surface area contributed by atoms with Crippen LogP contribution in [0.3, 0.4) is 0 Å². The SMILES string of the molecule is C[C@@H](O)C[C@H]1CCc2cc3[nH]cnc(OC4CCC(N5CCOCC5)CC4)c-3c21. The van der Waals surface area contributed by atoms with E-state index in [1.165, 1.54) is 24.0 Å². The molecule has 2 N–H and O–H groups in total. The molecule has 1 saturated carbocycles. The maximum Gasteiger partial charge on any atom is 0.224 e. The molecule has 1 saturated heterocycles. The van der Waals surface area contributed by atoms with Crippen molar-refractivity contribution in [3.63, 3.8) is 0 Å². The van der Waals surface area contributed by atoms with Crippen LogP contribution < -0.4 is 4.74 Å². The van der Waals surface area contributed by atoms with Gasteiger partial charge in [-0.3, -0.25) is 4.90 Å². The molecular weight excluding hydrogens is 366 g/mol. The number of nitrogens with one attached hydrogen (secondary N) is 1. The Bertz CT molecular complexity index is 791. The molecule has 2 heterocycles. The third kappa shape index (κ3) is 3.90. The lowest BCUT2D eigenvalue weighted by Crippen LogP contribution is -2.46. The number of aromatic amines is 1. The molecular formula is C23H33N3O3. The van der Waals surface area contributed by atoms with Gasteiger partial charge in [-0.15, -0.1) is 0 Å². The van der Waals surface area contributed by atoms with E-state index in [1.54, 1.807) is 6.33 Å². The van der Waals surface area contributed by atoms with E-state index in [-0.39, 0.29) is 12.2 Å². The summed E-state index contributed by atoms with van der Waals surface area (Å²) < 4.78 is 12.0. The van der Waals surface area contributed by atoms with Gasteiger partial charge in [-0.1, -0.05) is 0 Å². The summed E-state index contributed by atoms with van der Waals surface area (Å²) in [5, 5.41) is 9.94. The van der Waals surface area contributed by atoms with Gasteiger partial charge in [0, 0.05) is 19.1 Å². The largest absolute Gasteiger partial charge is 0.474 e. The highest BCUT2D eigenvalue weighted by molar-refractivity contribution is 5.76. The number of hydrogen-bond donors (Lipinski definition) is 2. The zero-order chi connectivity index (χ0) is 19.8. The van der Waals surface area contributed by atoms with Gasteiger partial charge in [0.2, 0.25) is 5.88 Å². The second-order valence-corrected chi connectivity index (χ2v) is 9.10. The Kier molecular flexibility index (Phi) is 5.50. The fourth-order valence-electron chi connectivity index (χ4n) is 5.71. The first-order chi connectivity index (χ1) is 14.2. The lowest BCUT2D eigenvalue weighted by molar-refractivity contribution is -0.00135. The summed E-state index contributed by atoms with van der Waals surface area (Å²) in [7, 11) is 0. The van der Waals surface area contributed by atoms with Gasteiger partial charge in [-0.2, -0.15) is 0 Å². The average molecular weight is 400 g/mol. The number of aromatic nitrogens is 2. The van der Waals surface area contributed by atoms with Gasteiger partial charge in [-0.05, 0) is 75.0 Å². The second-order valence-electron chi connectivity index (χ2n) is 9.10. The predicted molar refractivity (Wildman–Crippen MR) is 112 cm³/mol. The molecule has 0 aromatic rings. The van der Waals surface area contributed by atoms with Gasteiger partial charge in [0.25, 0.3) is 0 Å². The fraction of sp³-hybridized carbons (Fsp3) is 0.696. The van der Waals surface area contributed by atoms with Crippen molar-refractivity contribution in [1.82, 2.24) is 14.9 Å². The first kappa shape index (κ1) is 19.3. The van der Waals surface area contributed by atoms with E-state index in [9.17, 15) is 5.11 Å². The molecule has 29 heavy (non-hydrogen) atoms. The van der Waals surface area contributed by atoms with E-state index in [0.717, 1.165) is 75.5 Å². The maximum atomic E-state index is 9.94. The molecule has 0 spiro atoms. The summed E-state index contributed by atoms with van der Waals surface area (Å²) in [6.07, 6.45) is 9.29. The van der Waals surface area contributed by atoms with Crippen molar-refractivity contribution in [3.8, 4) is 17.1 Å². The van der Waals surface area contributed by atoms with Gasteiger partial charge >= 0.3 is 0 Å². The van der Waals surface area contributed by atoms with Crippen LogP contribution in [-0.4, -0.2) is 64.5 Å². The van der Waals surface area contributed by atoms with Gasteiger partial charge < -0.3 is 19.6 Å². The maximum absolute atomic E-state index is 9.94. The van der Waals surface area contributed by atoms with Gasteiger partial charge in [0.15, 0.2) is 0 Å². The Balaban J connectivity index is 1.30. The van der Waals surface area contributed by atoms with Crippen molar-refractivity contribution in [2.45, 2.75) is 76.0 Å². The topological polar surface area (TPSA) is 70.6 Å². The minimum atomic E-state index is -0.281. The van der Waals surface area contributed by atoms with E-state index in [0.29, 0.717) is 12.0 Å². The van der Waals surface area contributed by atoms with Crippen LogP contribution in [0.5, 0.6) is 5.88 Å². The standard InChI is InChI=1S/C23H33N3O3/c1-15(27)12-16-2-3-17-13-20-22(21(16)17)23(25-14-24-20)29-19-6-4-18(5-7-19)26-8-10-28-11-9-26/h13-16,18-19,27H,2-12H2,1H3,(H,24,25)/t15-,16-,18?,19?/m1/s1. The molecule has 0 bridgehead atoms. The van der Waals surface area contributed by atoms with E-state index >= 15 is 0 Å². The molecule has 2 atom stereocenters. The molecule has 0 aromatic carbocycles. The number of aliphatic hydroxyl groups excluding tert-OH is 1. The summed E-state index contributed by atoms with van der Waals surface area (Å²) in [5.41, 5.74) is 5.04. The number of hydrogen-bond acceptors (Lipinski definition) is 5. The summed E-state index contributed by atoms with van der Waals surface area (Å²) in [6, 6.07) is 2.94. The van der Waals surface area contributed by atoms with Crippen LogP contribution in [0.25, 0.3) is 11.3 Å². The smallest absolute Gasteiger partial charge is 0.224 e.